The van der Waals surface area contributed by atoms with Crippen LogP contribution in [0.2, 0.25) is 0 Å². The molecule has 1 atom stereocenters. The zero-order valence-electron chi connectivity index (χ0n) is 16.0. The Morgan fingerprint density at radius 2 is 2.07 bits per heavy atom. The first kappa shape index (κ1) is 21.3. The molecule has 3 N–H and O–H groups in total. The number of carbonyl (C=O) groups is 2. The highest BCUT2D eigenvalue weighted by atomic mass is 32.2. The lowest BCUT2D eigenvalue weighted by molar-refractivity contribution is -0.122. The Kier molecular flexibility index (Phi) is 6.96. The molecule has 0 radical (unpaired) electrons. The van der Waals surface area contributed by atoms with E-state index in [1.807, 2.05) is 13.8 Å². The van der Waals surface area contributed by atoms with Gasteiger partial charge < -0.3 is 16.0 Å². The van der Waals surface area contributed by atoms with E-state index in [2.05, 4.69) is 5.32 Å². The van der Waals surface area contributed by atoms with Crippen molar-refractivity contribution in [2.24, 2.45) is 11.7 Å². The van der Waals surface area contributed by atoms with Gasteiger partial charge in [-0.25, -0.2) is 8.42 Å². The third kappa shape index (κ3) is 5.27. The average Bonchev–Trinajstić information content (AvgIpc) is 2.65. The lowest BCUT2D eigenvalue weighted by Crippen LogP contribution is -2.49. The van der Waals surface area contributed by atoms with E-state index in [9.17, 15) is 18.0 Å². The first-order valence-electron chi connectivity index (χ1n) is 9.01. The Balaban J connectivity index is 2.14. The smallest absolute Gasteiger partial charge is 0.253 e. The van der Waals surface area contributed by atoms with Crippen LogP contribution in [0, 0.1) is 5.92 Å². The monoisotopic (exact) mass is 396 g/mol. The van der Waals surface area contributed by atoms with Crippen LogP contribution in [0.15, 0.2) is 29.2 Å². The molecule has 1 aliphatic rings. The summed E-state index contributed by atoms with van der Waals surface area (Å²) >= 11 is 0. The maximum atomic E-state index is 12.8. The topological polar surface area (TPSA) is 113 Å². The fourth-order valence-corrected chi connectivity index (χ4v) is 4.20. The van der Waals surface area contributed by atoms with Crippen molar-refractivity contribution in [3.8, 4) is 0 Å². The Morgan fingerprint density at radius 1 is 1.37 bits per heavy atom. The summed E-state index contributed by atoms with van der Waals surface area (Å²) in [7, 11) is -2.16. The molecular weight excluding hydrogens is 368 g/mol. The summed E-state index contributed by atoms with van der Waals surface area (Å²) in [5.74, 6) is -0.276. The van der Waals surface area contributed by atoms with Crippen LogP contribution in [-0.2, 0) is 14.8 Å². The molecule has 8 nitrogen and oxygen atoms in total. The number of hydrogen-bond acceptors (Lipinski definition) is 5. The summed E-state index contributed by atoms with van der Waals surface area (Å²) in [4.78, 5) is 25.7. The van der Waals surface area contributed by atoms with Gasteiger partial charge in [0.2, 0.25) is 15.9 Å². The summed E-state index contributed by atoms with van der Waals surface area (Å²) in [5.41, 5.74) is 6.31. The molecule has 1 saturated heterocycles. The largest absolute Gasteiger partial charge is 0.354 e. The number of amides is 2. The fourth-order valence-electron chi connectivity index (χ4n) is 2.76. The normalized spacial score (nSPS) is 16.9. The molecule has 150 valence electrons. The van der Waals surface area contributed by atoms with E-state index in [4.69, 9.17) is 5.73 Å². The first-order chi connectivity index (χ1) is 12.6. The molecule has 0 aromatic heterocycles. The molecule has 0 spiro atoms. The highest BCUT2D eigenvalue weighted by molar-refractivity contribution is 7.89. The van der Waals surface area contributed by atoms with Crippen molar-refractivity contribution in [2.45, 2.75) is 31.2 Å². The summed E-state index contributed by atoms with van der Waals surface area (Å²) in [6.07, 6.45) is 0.667. The van der Waals surface area contributed by atoms with Crippen LogP contribution >= 0.6 is 0 Å². The maximum Gasteiger partial charge on any atom is 0.253 e. The number of benzene rings is 1. The average molecular weight is 397 g/mol. The Hall–Kier alpha value is -1.97. The number of nitrogens with one attached hydrogen (secondary N) is 1. The Morgan fingerprint density at radius 3 is 2.70 bits per heavy atom. The van der Waals surface area contributed by atoms with E-state index in [0.29, 0.717) is 18.9 Å². The second kappa shape index (κ2) is 8.81. The van der Waals surface area contributed by atoms with Gasteiger partial charge in [-0.3, -0.25) is 9.59 Å². The molecule has 1 unspecified atom stereocenters. The van der Waals surface area contributed by atoms with Crippen molar-refractivity contribution in [3.63, 3.8) is 0 Å². The van der Waals surface area contributed by atoms with Gasteiger partial charge in [0, 0.05) is 38.3 Å². The Bertz CT molecular complexity index is 794. The summed E-state index contributed by atoms with van der Waals surface area (Å²) in [6.45, 7) is 4.81. The Labute approximate surface area is 160 Å². The molecule has 0 bridgehead atoms. The molecule has 0 saturated carbocycles. The van der Waals surface area contributed by atoms with Crippen molar-refractivity contribution in [3.05, 3.63) is 29.8 Å². The molecule has 1 fully saturated rings. The van der Waals surface area contributed by atoms with Gasteiger partial charge in [-0.1, -0.05) is 19.9 Å². The number of piperazine rings is 1. The SMILES string of the molecule is CC(C)C(N)CCN(C)C(=O)c1cccc(S(=O)(=O)N2CCNC(=O)C2)c1. The van der Waals surface area contributed by atoms with E-state index >= 15 is 0 Å². The molecule has 27 heavy (non-hydrogen) atoms. The van der Waals surface area contributed by atoms with Crippen molar-refractivity contribution >= 4 is 21.8 Å². The van der Waals surface area contributed by atoms with Crippen LogP contribution in [-0.4, -0.2) is 68.7 Å². The number of carbonyl (C=O) groups excluding carboxylic acids is 2. The second-order valence-electron chi connectivity index (χ2n) is 7.14. The highest BCUT2D eigenvalue weighted by Crippen LogP contribution is 2.19. The predicted octanol–water partition coefficient (Wildman–Crippen LogP) is 0.253. The summed E-state index contributed by atoms with van der Waals surface area (Å²) < 4.78 is 26.7. The molecular formula is C18H28N4O4S. The van der Waals surface area contributed by atoms with Crippen molar-refractivity contribution < 1.29 is 18.0 Å². The quantitative estimate of drug-likeness (QED) is 0.686. The van der Waals surface area contributed by atoms with E-state index in [0.717, 1.165) is 4.31 Å². The number of rotatable bonds is 7. The van der Waals surface area contributed by atoms with Crippen LogP contribution in [0.5, 0.6) is 0 Å². The molecule has 1 aromatic rings. The van der Waals surface area contributed by atoms with Gasteiger partial charge in [0.05, 0.1) is 11.4 Å². The highest BCUT2D eigenvalue weighted by Gasteiger charge is 2.29. The molecule has 9 heteroatoms. The van der Waals surface area contributed by atoms with E-state index in [1.54, 1.807) is 18.0 Å². The number of hydrogen-bond donors (Lipinski definition) is 2. The first-order valence-corrected chi connectivity index (χ1v) is 10.4. The third-order valence-electron chi connectivity index (χ3n) is 4.72. The minimum atomic E-state index is -3.83. The molecule has 2 amide bonds. The van der Waals surface area contributed by atoms with Gasteiger partial charge in [-0.2, -0.15) is 4.31 Å². The zero-order chi connectivity index (χ0) is 20.2. The van der Waals surface area contributed by atoms with Gasteiger partial charge in [0.15, 0.2) is 0 Å². The molecule has 1 aliphatic heterocycles. The van der Waals surface area contributed by atoms with Gasteiger partial charge in [-0.15, -0.1) is 0 Å². The van der Waals surface area contributed by atoms with E-state index in [1.165, 1.54) is 18.2 Å². The van der Waals surface area contributed by atoms with Gasteiger partial charge in [-0.05, 0) is 30.5 Å². The summed E-state index contributed by atoms with van der Waals surface area (Å²) in [6, 6.07) is 5.93. The minimum Gasteiger partial charge on any atom is -0.354 e. The van der Waals surface area contributed by atoms with Gasteiger partial charge in [0.1, 0.15) is 0 Å². The van der Waals surface area contributed by atoms with E-state index < -0.39 is 10.0 Å². The minimum absolute atomic E-state index is 0.00258. The molecule has 0 aliphatic carbocycles. The van der Waals surface area contributed by atoms with Crippen LogP contribution in [0.25, 0.3) is 0 Å². The van der Waals surface area contributed by atoms with Crippen LogP contribution in [0.1, 0.15) is 30.6 Å². The lowest BCUT2D eigenvalue weighted by Gasteiger charge is -2.26. The van der Waals surface area contributed by atoms with Crippen LogP contribution in [0.4, 0.5) is 0 Å². The van der Waals surface area contributed by atoms with Crippen LogP contribution in [0.3, 0.4) is 0 Å². The maximum absolute atomic E-state index is 12.8. The number of nitrogens with zero attached hydrogens (tertiary/aromatic N) is 2. The predicted molar refractivity (Wildman–Crippen MR) is 103 cm³/mol. The fraction of sp³-hybridized carbons (Fsp3) is 0.556. The van der Waals surface area contributed by atoms with Gasteiger partial charge in [0.25, 0.3) is 5.91 Å². The number of nitrogens with two attached hydrogens (primary N) is 1. The number of sulfonamides is 1. The molecule has 1 aromatic carbocycles. The van der Waals surface area contributed by atoms with Crippen molar-refractivity contribution in [2.75, 3.05) is 33.2 Å². The molecule has 2 rings (SSSR count). The van der Waals surface area contributed by atoms with Crippen molar-refractivity contribution in [1.82, 2.24) is 14.5 Å². The van der Waals surface area contributed by atoms with Gasteiger partial charge >= 0.3 is 0 Å². The third-order valence-corrected chi connectivity index (χ3v) is 6.56. The summed E-state index contributed by atoms with van der Waals surface area (Å²) in [5, 5.41) is 2.59. The van der Waals surface area contributed by atoms with Crippen LogP contribution < -0.4 is 11.1 Å². The molecule has 1 heterocycles. The lowest BCUT2D eigenvalue weighted by atomic mass is 10.0. The van der Waals surface area contributed by atoms with Crippen molar-refractivity contribution in [1.29, 1.82) is 0 Å². The standard InChI is InChI=1S/C18H28N4O4S/c1-13(2)16(19)7-9-21(3)18(24)14-5-4-6-15(11-14)27(25,26)22-10-8-20-17(23)12-22/h4-6,11,13,16H,7-10,12,19H2,1-3H3,(H,20,23). The van der Waals surface area contributed by atoms with E-state index in [-0.39, 0.29) is 47.9 Å². The zero-order valence-corrected chi connectivity index (χ0v) is 16.8. The second-order valence-corrected chi connectivity index (χ2v) is 9.08.